The molecule has 0 heterocycles. The van der Waals surface area contributed by atoms with Crippen molar-refractivity contribution in [3.8, 4) is 5.75 Å². The van der Waals surface area contributed by atoms with E-state index in [1.165, 1.54) is 0 Å². The fraction of sp³-hybridized carbons (Fsp3) is 0.364. The third-order valence-electron chi connectivity index (χ3n) is 2.12. The molecule has 1 amide bonds. The zero-order valence-electron chi connectivity index (χ0n) is 8.79. The van der Waals surface area contributed by atoms with Crippen LogP contribution in [-0.4, -0.2) is 12.5 Å². The number of aryl methyl sites for hydroxylation is 1. The van der Waals surface area contributed by atoms with Gasteiger partial charge in [0.25, 0.3) is 0 Å². The first kappa shape index (κ1) is 12.0. The van der Waals surface area contributed by atoms with E-state index in [-0.39, 0.29) is 11.8 Å². The number of halogens is 1. The first-order valence-corrected chi connectivity index (χ1v) is 5.48. The van der Waals surface area contributed by atoms with Gasteiger partial charge in [0, 0.05) is 4.47 Å². The minimum atomic E-state index is -0.344. The lowest BCUT2D eigenvalue weighted by Crippen LogP contribution is -2.25. The lowest BCUT2D eigenvalue weighted by molar-refractivity contribution is -0.122. The molecule has 0 aliphatic carbocycles. The number of hydrogen-bond donors (Lipinski definition) is 1. The Balaban J connectivity index is 2.58. The molecule has 0 aromatic heterocycles. The van der Waals surface area contributed by atoms with Crippen LogP contribution in [0.1, 0.15) is 12.5 Å². The fourth-order valence-electron chi connectivity index (χ4n) is 1.01. The minimum Gasteiger partial charge on any atom is -0.493 e. The van der Waals surface area contributed by atoms with Crippen LogP contribution >= 0.6 is 15.9 Å². The van der Waals surface area contributed by atoms with Crippen molar-refractivity contribution < 1.29 is 9.53 Å². The average Bonchev–Trinajstić information content (AvgIpc) is 2.19. The summed E-state index contributed by atoms with van der Waals surface area (Å²) in [6.45, 7) is 4.04. The van der Waals surface area contributed by atoms with Crippen LogP contribution in [0.25, 0.3) is 0 Å². The molecular weight excluding hydrogens is 258 g/mol. The van der Waals surface area contributed by atoms with Crippen molar-refractivity contribution in [3.05, 3.63) is 28.2 Å². The molecule has 0 aliphatic heterocycles. The third kappa shape index (κ3) is 3.55. The maximum atomic E-state index is 10.8. The molecule has 0 spiro atoms. The molecule has 0 saturated carbocycles. The van der Waals surface area contributed by atoms with Crippen molar-refractivity contribution in [2.75, 3.05) is 6.61 Å². The summed E-state index contributed by atoms with van der Waals surface area (Å²) < 4.78 is 6.48. The topological polar surface area (TPSA) is 52.3 Å². The summed E-state index contributed by atoms with van der Waals surface area (Å²) in [6, 6.07) is 5.68. The molecule has 1 aromatic carbocycles. The predicted molar refractivity (Wildman–Crippen MR) is 62.7 cm³/mol. The molecule has 1 unspecified atom stereocenters. The number of carbonyl (C=O) groups is 1. The molecule has 15 heavy (non-hydrogen) atoms. The molecule has 82 valence electrons. The second-order valence-electron chi connectivity index (χ2n) is 3.53. The van der Waals surface area contributed by atoms with Gasteiger partial charge in [-0.3, -0.25) is 4.79 Å². The van der Waals surface area contributed by atoms with Crippen LogP contribution in [0.15, 0.2) is 22.7 Å². The van der Waals surface area contributed by atoms with Gasteiger partial charge < -0.3 is 10.5 Å². The normalized spacial score (nSPS) is 12.2. The van der Waals surface area contributed by atoms with Gasteiger partial charge in [0.1, 0.15) is 5.75 Å². The molecule has 2 N–H and O–H groups in total. The van der Waals surface area contributed by atoms with Gasteiger partial charge in [0.15, 0.2) is 0 Å². The summed E-state index contributed by atoms with van der Waals surface area (Å²) in [5.41, 5.74) is 6.22. The molecule has 0 aliphatic rings. The van der Waals surface area contributed by atoms with E-state index in [4.69, 9.17) is 10.5 Å². The number of primary amides is 1. The number of carbonyl (C=O) groups excluding carboxylic acids is 1. The molecule has 3 nitrogen and oxygen atoms in total. The van der Waals surface area contributed by atoms with Crippen LogP contribution in [-0.2, 0) is 4.79 Å². The zero-order chi connectivity index (χ0) is 11.4. The van der Waals surface area contributed by atoms with E-state index in [0.717, 1.165) is 15.8 Å². The first-order chi connectivity index (χ1) is 7.00. The van der Waals surface area contributed by atoms with Gasteiger partial charge in [-0.1, -0.05) is 22.9 Å². The van der Waals surface area contributed by atoms with Crippen LogP contribution in [0.4, 0.5) is 0 Å². The Kier molecular flexibility index (Phi) is 4.15. The quantitative estimate of drug-likeness (QED) is 0.914. The Bertz CT molecular complexity index is 366. The standard InChI is InChI=1S/C11H14BrNO2/c1-7-5-9(3-4-10(7)12)15-6-8(2)11(13)14/h3-5,8H,6H2,1-2H3,(H2,13,14). The van der Waals surface area contributed by atoms with Gasteiger partial charge in [0.05, 0.1) is 12.5 Å². The minimum absolute atomic E-state index is 0.269. The molecule has 0 bridgehead atoms. The van der Waals surface area contributed by atoms with Crippen molar-refractivity contribution in [1.82, 2.24) is 0 Å². The SMILES string of the molecule is Cc1cc(OCC(C)C(N)=O)ccc1Br. The van der Waals surface area contributed by atoms with Gasteiger partial charge in [-0.05, 0) is 30.7 Å². The smallest absolute Gasteiger partial charge is 0.223 e. The van der Waals surface area contributed by atoms with Gasteiger partial charge >= 0.3 is 0 Å². The van der Waals surface area contributed by atoms with Crippen molar-refractivity contribution in [1.29, 1.82) is 0 Å². The van der Waals surface area contributed by atoms with Gasteiger partial charge in [-0.25, -0.2) is 0 Å². The van der Waals surface area contributed by atoms with Crippen LogP contribution in [0, 0.1) is 12.8 Å². The highest BCUT2D eigenvalue weighted by Gasteiger charge is 2.09. The highest BCUT2D eigenvalue weighted by atomic mass is 79.9. The second kappa shape index (κ2) is 5.16. The molecule has 0 fully saturated rings. The van der Waals surface area contributed by atoms with E-state index >= 15 is 0 Å². The summed E-state index contributed by atoms with van der Waals surface area (Å²) >= 11 is 3.40. The number of hydrogen-bond acceptors (Lipinski definition) is 2. The highest BCUT2D eigenvalue weighted by Crippen LogP contribution is 2.21. The first-order valence-electron chi connectivity index (χ1n) is 4.69. The fourth-order valence-corrected chi connectivity index (χ4v) is 1.26. The Morgan fingerprint density at radius 1 is 1.60 bits per heavy atom. The van der Waals surface area contributed by atoms with Gasteiger partial charge in [-0.2, -0.15) is 0 Å². The summed E-state index contributed by atoms with van der Waals surface area (Å²) in [7, 11) is 0. The van der Waals surface area contributed by atoms with E-state index in [1.807, 2.05) is 25.1 Å². The van der Waals surface area contributed by atoms with Crippen molar-refractivity contribution >= 4 is 21.8 Å². The molecule has 4 heteroatoms. The van der Waals surface area contributed by atoms with E-state index in [1.54, 1.807) is 6.92 Å². The second-order valence-corrected chi connectivity index (χ2v) is 4.38. The maximum absolute atomic E-state index is 10.8. The van der Waals surface area contributed by atoms with Crippen molar-refractivity contribution in [3.63, 3.8) is 0 Å². The summed E-state index contributed by atoms with van der Waals surface area (Å²) in [5, 5.41) is 0. The lowest BCUT2D eigenvalue weighted by atomic mass is 10.2. The van der Waals surface area contributed by atoms with E-state index in [0.29, 0.717) is 6.61 Å². The molecule has 1 atom stereocenters. The zero-order valence-corrected chi connectivity index (χ0v) is 10.4. The van der Waals surface area contributed by atoms with E-state index in [2.05, 4.69) is 15.9 Å². The van der Waals surface area contributed by atoms with Gasteiger partial charge in [0.2, 0.25) is 5.91 Å². The van der Waals surface area contributed by atoms with E-state index < -0.39 is 0 Å². The monoisotopic (exact) mass is 271 g/mol. The molecule has 1 aromatic rings. The molecular formula is C11H14BrNO2. The summed E-state index contributed by atoms with van der Waals surface area (Å²) in [4.78, 5) is 10.8. The number of nitrogens with two attached hydrogens (primary N) is 1. The molecule has 1 rings (SSSR count). The van der Waals surface area contributed by atoms with E-state index in [9.17, 15) is 4.79 Å². The Morgan fingerprint density at radius 2 is 2.27 bits per heavy atom. The Labute approximate surface area is 97.7 Å². The molecule has 0 radical (unpaired) electrons. The number of ether oxygens (including phenoxy) is 1. The van der Waals surface area contributed by atoms with Crippen molar-refractivity contribution in [2.24, 2.45) is 11.7 Å². The Morgan fingerprint density at radius 3 is 2.80 bits per heavy atom. The maximum Gasteiger partial charge on any atom is 0.223 e. The van der Waals surface area contributed by atoms with Crippen LogP contribution in [0.2, 0.25) is 0 Å². The predicted octanol–water partition coefficient (Wildman–Crippen LogP) is 2.26. The average molecular weight is 272 g/mol. The summed E-state index contributed by atoms with van der Waals surface area (Å²) in [5.74, 6) is 0.140. The highest BCUT2D eigenvalue weighted by molar-refractivity contribution is 9.10. The lowest BCUT2D eigenvalue weighted by Gasteiger charge is -2.10. The number of benzene rings is 1. The number of amides is 1. The molecule has 0 saturated heterocycles. The third-order valence-corrected chi connectivity index (χ3v) is 3.00. The summed E-state index contributed by atoms with van der Waals surface area (Å²) in [6.07, 6.45) is 0. The Hall–Kier alpha value is -1.03. The van der Waals surface area contributed by atoms with Gasteiger partial charge in [-0.15, -0.1) is 0 Å². The van der Waals surface area contributed by atoms with Crippen LogP contribution in [0.3, 0.4) is 0 Å². The van der Waals surface area contributed by atoms with Crippen LogP contribution in [0.5, 0.6) is 5.75 Å². The number of rotatable bonds is 4. The van der Waals surface area contributed by atoms with Crippen LogP contribution < -0.4 is 10.5 Å². The largest absolute Gasteiger partial charge is 0.493 e. The van der Waals surface area contributed by atoms with Crippen molar-refractivity contribution in [2.45, 2.75) is 13.8 Å².